The first-order chi connectivity index (χ1) is 8.22. The second-order valence-electron chi connectivity index (χ2n) is 2.98. The summed E-state index contributed by atoms with van der Waals surface area (Å²) in [6.45, 7) is 0. The maximum atomic E-state index is 8.90. The minimum Gasteiger partial charge on any atom is -0.245 e. The molecule has 17 heavy (non-hydrogen) atoms. The van der Waals surface area contributed by atoms with Gasteiger partial charge in [0.1, 0.15) is 11.1 Å². The fraction of sp³-hybridized carbons (Fsp3) is 0. The number of halogens is 2. The highest BCUT2D eigenvalue weighted by Crippen LogP contribution is 2.36. The summed E-state index contributed by atoms with van der Waals surface area (Å²) in [6.07, 6.45) is 3.00. The van der Waals surface area contributed by atoms with Crippen molar-refractivity contribution in [3.8, 4) is 6.07 Å². The lowest BCUT2D eigenvalue weighted by molar-refractivity contribution is 1.02. The molecule has 1 heterocycles. The molecule has 0 bridgehead atoms. The van der Waals surface area contributed by atoms with Crippen LogP contribution < -0.4 is 0 Å². The lowest BCUT2D eigenvalue weighted by Gasteiger charge is -2.05. The van der Waals surface area contributed by atoms with E-state index in [2.05, 4.69) is 9.97 Å². The van der Waals surface area contributed by atoms with Crippen molar-refractivity contribution in [3.63, 3.8) is 0 Å². The van der Waals surface area contributed by atoms with Crippen molar-refractivity contribution < 1.29 is 0 Å². The smallest absolute Gasteiger partial charge is 0.173 e. The standard InChI is InChI=1S/C11H5Cl2N3S/c12-7-2-1-3-9(10(7)13)17-11-8(6-14)15-4-5-16-11/h1-5H. The Labute approximate surface area is 112 Å². The van der Waals surface area contributed by atoms with Gasteiger partial charge in [-0.15, -0.1) is 0 Å². The molecule has 84 valence electrons. The number of hydrogen-bond donors (Lipinski definition) is 0. The first-order valence-electron chi connectivity index (χ1n) is 4.55. The predicted octanol–water partition coefficient (Wildman–Crippen LogP) is 3.81. The van der Waals surface area contributed by atoms with Crippen LogP contribution in [-0.4, -0.2) is 9.97 Å². The number of nitrogens with zero attached hydrogens (tertiary/aromatic N) is 3. The monoisotopic (exact) mass is 281 g/mol. The van der Waals surface area contributed by atoms with Crippen molar-refractivity contribution in [2.75, 3.05) is 0 Å². The molecule has 0 aliphatic rings. The largest absolute Gasteiger partial charge is 0.245 e. The normalized spacial score (nSPS) is 9.94. The third-order valence-corrected chi connectivity index (χ3v) is 3.88. The number of hydrogen-bond acceptors (Lipinski definition) is 4. The van der Waals surface area contributed by atoms with E-state index < -0.39 is 0 Å². The fourth-order valence-corrected chi connectivity index (χ4v) is 2.48. The molecule has 0 fully saturated rings. The maximum absolute atomic E-state index is 8.90. The van der Waals surface area contributed by atoms with Crippen molar-refractivity contribution in [1.82, 2.24) is 9.97 Å². The summed E-state index contributed by atoms with van der Waals surface area (Å²) in [4.78, 5) is 8.76. The number of nitriles is 1. The van der Waals surface area contributed by atoms with E-state index in [9.17, 15) is 0 Å². The van der Waals surface area contributed by atoms with Gasteiger partial charge in [0.2, 0.25) is 0 Å². The van der Waals surface area contributed by atoms with Gasteiger partial charge in [0.15, 0.2) is 5.69 Å². The van der Waals surface area contributed by atoms with Gasteiger partial charge in [-0.25, -0.2) is 9.97 Å². The molecule has 1 aromatic heterocycles. The summed E-state index contributed by atoms with van der Waals surface area (Å²) in [5.41, 5.74) is 0.272. The molecule has 0 unspecified atom stereocenters. The number of aromatic nitrogens is 2. The third-order valence-electron chi connectivity index (χ3n) is 1.89. The summed E-state index contributed by atoms with van der Waals surface area (Å²) in [5, 5.41) is 10.3. The molecule has 0 spiro atoms. The highest BCUT2D eigenvalue weighted by Gasteiger charge is 2.10. The molecule has 6 heteroatoms. The Bertz CT molecular complexity index is 596. The molecule has 1 aromatic carbocycles. The molecule has 0 aliphatic carbocycles. The van der Waals surface area contributed by atoms with Gasteiger partial charge in [-0.2, -0.15) is 5.26 Å². The number of benzene rings is 1. The lowest BCUT2D eigenvalue weighted by Crippen LogP contribution is -1.89. The average Bonchev–Trinajstić information content (AvgIpc) is 2.35. The van der Waals surface area contributed by atoms with Crippen molar-refractivity contribution in [2.45, 2.75) is 9.92 Å². The Kier molecular flexibility index (Phi) is 3.85. The van der Waals surface area contributed by atoms with Gasteiger partial charge in [-0.1, -0.05) is 41.0 Å². The summed E-state index contributed by atoms with van der Waals surface area (Å²) in [5.74, 6) is 0. The van der Waals surface area contributed by atoms with Crippen LogP contribution >= 0.6 is 35.0 Å². The summed E-state index contributed by atoms with van der Waals surface area (Å²) in [6, 6.07) is 7.29. The molecule has 3 nitrogen and oxygen atoms in total. The maximum Gasteiger partial charge on any atom is 0.173 e. The van der Waals surface area contributed by atoms with Crippen LogP contribution in [0.25, 0.3) is 0 Å². The minimum atomic E-state index is 0.272. The summed E-state index contributed by atoms with van der Waals surface area (Å²) >= 11 is 13.2. The van der Waals surface area contributed by atoms with Gasteiger partial charge in [0.25, 0.3) is 0 Å². The van der Waals surface area contributed by atoms with Crippen LogP contribution in [-0.2, 0) is 0 Å². The second kappa shape index (κ2) is 5.37. The quantitative estimate of drug-likeness (QED) is 0.840. The minimum absolute atomic E-state index is 0.272. The summed E-state index contributed by atoms with van der Waals surface area (Å²) in [7, 11) is 0. The molecule has 0 radical (unpaired) electrons. The Morgan fingerprint density at radius 2 is 1.94 bits per heavy atom. The summed E-state index contributed by atoms with van der Waals surface area (Å²) < 4.78 is 0. The molecule has 0 N–H and O–H groups in total. The molecule has 2 rings (SSSR count). The van der Waals surface area contributed by atoms with Gasteiger partial charge in [0, 0.05) is 17.3 Å². The second-order valence-corrected chi connectivity index (χ2v) is 4.79. The zero-order valence-corrected chi connectivity index (χ0v) is 10.7. The van der Waals surface area contributed by atoms with E-state index in [1.807, 2.05) is 12.1 Å². The van der Waals surface area contributed by atoms with E-state index in [0.29, 0.717) is 15.1 Å². The Balaban J connectivity index is 2.39. The van der Waals surface area contributed by atoms with Gasteiger partial charge in [-0.05, 0) is 12.1 Å². The molecule has 0 saturated carbocycles. The first-order valence-corrected chi connectivity index (χ1v) is 6.12. The van der Waals surface area contributed by atoms with Gasteiger partial charge >= 0.3 is 0 Å². The first kappa shape index (κ1) is 12.2. The van der Waals surface area contributed by atoms with Crippen molar-refractivity contribution in [2.24, 2.45) is 0 Å². The third kappa shape index (κ3) is 2.70. The van der Waals surface area contributed by atoms with Crippen molar-refractivity contribution in [3.05, 3.63) is 46.3 Å². The molecular formula is C11H5Cl2N3S. The van der Waals surface area contributed by atoms with E-state index in [1.54, 1.807) is 12.1 Å². The van der Waals surface area contributed by atoms with E-state index >= 15 is 0 Å². The topological polar surface area (TPSA) is 49.6 Å². The highest BCUT2D eigenvalue weighted by atomic mass is 35.5. The molecule has 0 amide bonds. The van der Waals surface area contributed by atoms with E-state index in [1.165, 1.54) is 24.2 Å². The van der Waals surface area contributed by atoms with Gasteiger partial charge in [0.05, 0.1) is 10.0 Å². The van der Waals surface area contributed by atoms with Crippen LogP contribution in [0.2, 0.25) is 10.0 Å². The highest BCUT2D eigenvalue weighted by molar-refractivity contribution is 7.99. The molecule has 0 aliphatic heterocycles. The van der Waals surface area contributed by atoms with Crippen LogP contribution in [0.15, 0.2) is 40.5 Å². The Morgan fingerprint density at radius 3 is 2.71 bits per heavy atom. The van der Waals surface area contributed by atoms with Crippen LogP contribution in [0.1, 0.15) is 5.69 Å². The van der Waals surface area contributed by atoms with Crippen molar-refractivity contribution >= 4 is 35.0 Å². The van der Waals surface area contributed by atoms with Crippen LogP contribution in [0, 0.1) is 11.3 Å². The average molecular weight is 282 g/mol. The van der Waals surface area contributed by atoms with Crippen molar-refractivity contribution in [1.29, 1.82) is 5.26 Å². The van der Waals surface area contributed by atoms with Crippen LogP contribution in [0.4, 0.5) is 0 Å². The Hall–Kier alpha value is -1.28. The fourth-order valence-electron chi connectivity index (χ4n) is 1.14. The van der Waals surface area contributed by atoms with E-state index in [-0.39, 0.29) is 5.69 Å². The van der Waals surface area contributed by atoms with Crippen LogP contribution in [0.5, 0.6) is 0 Å². The van der Waals surface area contributed by atoms with Gasteiger partial charge < -0.3 is 0 Å². The van der Waals surface area contributed by atoms with E-state index in [0.717, 1.165) is 4.90 Å². The van der Waals surface area contributed by atoms with Crippen LogP contribution in [0.3, 0.4) is 0 Å². The lowest BCUT2D eigenvalue weighted by atomic mass is 10.4. The predicted molar refractivity (Wildman–Crippen MR) is 67.3 cm³/mol. The van der Waals surface area contributed by atoms with Gasteiger partial charge in [-0.3, -0.25) is 0 Å². The molecule has 0 atom stereocenters. The van der Waals surface area contributed by atoms with E-state index in [4.69, 9.17) is 28.5 Å². The molecule has 2 aromatic rings. The molecular weight excluding hydrogens is 277 g/mol. The zero-order chi connectivity index (χ0) is 12.3. The zero-order valence-electron chi connectivity index (χ0n) is 8.39. The SMILES string of the molecule is N#Cc1nccnc1Sc1cccc(Cl)c1Cl. The number of rotatable bonds is 2. The Morgan fingerprint density at radius 1 is 1.18 bits per heavy atom. The molecule has 0 saturated heterocycles.